The van der Waals surface area contributed by atoms with Crippen LogP contribution in [0, 0.1) is 10.1 Å². The molecular weight excluding hydrogens is 208 g/mol. The van der Waals surface area contributed by atoms with Gasteiger partial charge in [-0.3, -0.25) is 14.9 Å². The molecule has 0 spiro atoms. The van der Waals surface area contributed by atoms with E-state index in [0.717, 1.165) is 17.5 Å². The fraction of sp³-hybridized carbons (Fsp3) is 0.333. The Morgan fingerprint density at radius 1 is 1.79 bits per heavy atom. The van der Waals surface area contributed by atoms with E-state index < -0.39 is 10.8 Å². The van der Waals surface area contributed by atoms with Crippen molar-refractivity contribution in [3.63, 3.8) is 0 Å². The lowest BCUT2D eigenvalue weighted by Gasteiger charge is -1.97. The summed E-state index contributed by atoms with van der Waals surface area (Å²) < 4.78 is 0. The van der Waals surface area contributed by atoms with Crippen molar-refractivity contribution < 1.29 is 9.72 Å². The number of thiazole rings is 1. The molecule has 0 fully saturated rings. The lowest BCUT2D eigenvalue weighted by Crippen LogP contribution is -2.15. The molecule has 0 aliphatic heterocycles. The summed E-state index contributed by atoms with van der Waals surface area (Å²) in [4.78, 5) is 23.9. The Hall–Kier alpha value is -1.70. The van der Waals surface area contributed by atoms with Crippen LogP contribution in [0.5, 0.6) is 0 Å². The third kappa shape index (κ3) is 2.98. The summed E-state index contributed by atoms with van der Waals surface area (Å²) in [5, 5.41) is 13.4. The van der Waals surface area contributed by atoms with Crippen LogP contribution >= 0.6 is 11.3 Å². The van der Waals surface area contributed by atoms with E-state index in [1.807, 2.05) is 0 Å². The van der Waals surface area contributed by atoms with Crippen LogP contribution in [0.2, 0.25) is 0 Å². The quantitative estimate of drug-likeness (QED) is 0.544. The van der Waals surface area contributed by atoms with Crippen molar-refractivity contribution in [1.29, 1.82) is 0 Å². The summed E-state index contributed by atoms with van der Waals surface area (Å²) in [6.07, 6.45) is 1.34. The van der Waals surface area contributed by atoms with Crippen LogP contribution in [-0.4, -0.2) is 22.4 Å². The molecule has 0 saturated carbocycles. The number of rotatable bonds is 5. The predicted molar refractivity (Wildman–Crippen MR) is 51.1 cm³/mol. The molecule has 3 N–H and O–H groups in total. The highest BCUT2D eigenvalue weighted by atomic mass is 32.1. The fourth-order valence-corrected chi connectivity index (χ4v) is 1.38. The Morgan fingerprint density at radius 3 is 3.00 bits per heavy atom. The fourth-order valence-electron chi connectivity index (χ4n) is 0.724. The highest BCUT2D eigenvalue weighted by Crippen LogP contribution is 2.24. The molecule has 0 aliphatic carbocycles. The summed E-state index contributed by atoms with van der Waals surface area (Å²) >= 11 is 0.919. The highest BCUT2D eigenvalue weighted by molar-refractivity contribution is 7.18. The molecule has 0 saturated heterocycles. The third-order valence-corrected chi connectivity index (χ3v) is 2.23. The zero-order valence-electron chi connectivity index (χ0n) is 7.10. The van der Waals surface area contributed by atoms with Gasteiger partial charge in [-0.2, -0.15) is 0 Å². The minimum absolute atomic E-state index is 0.0356. The van der Waals surface area contributed by atoms with Gasteiger partial charge in [0.1, 0.15) is 6.20 Å². The maximum absolute atomic E-state index is 10.4. The first-order valence-electron chi connectivity index (χ1n) is 3.72. The molecule has 1 amide bonds. The molecule has 8 heteroatoms. The van der Waals surface area contributed by atoms with Crippen molar-refractivity contribution in [2.24, 2.45) is 5.73 Å². The van der Waals surface area contributed by atoms with Gasteiger partial charge in [-0.25, -0.2) is 4.98 Å². The first-order chi connectivity index (χ1) is 6.59. The number of hydrogen-bond donors (Lipinski definition) is 2. The molecule has 1 heterocycles. The van der Waals surface area contributed by atoms with E-state index in [0.29, 0.717) is 11.7 Å². The molecule has 0 bridgehead atoms. The molecule has 7 nitrogen and oxygen atoms in total. The smallest absolute Gasteiger partial charge is 0.345 e. The van der Waals surface area contributed by atoms with Gasteiger partial charge in [0, 0.05) is 13.0 Å². The van der Waals surface area contributed by atoms with Gasteiger partial charge < -0.3 is 11.1 Å². The zero-order valence-corrected chi connectivity index (χ0v) is 7.91. The van der Waals surface area contributed by atoms with Crippen LogP contribution in [0.4, 0.5) is 10.1 Å². The number of nitro groups is 1. The van der Waals surface area contributed by atoms with Gasteiger partial charge in [-0.1, -0.05) is 0 Å². The van der Waals surface area contributed by atoms with Gasteiger partial charge >= 0.3 is 5.00 Å². The molecule has 1 rings (SSSR count). The minimum Gasteiger partial charge on any atom is -0.370 e. The summed E-state index contributed by atoms with van der Waals surface area (Å²) in [5.41, 5.74) is 4.91. The van der Waals surface area contributed by atoms with E-state index in [2.05, 4.69) is 10.3 Å². The number of hydrogen-bond acceptors (Lipinski definition) is 6. The van der Waals surface area contributed by atoms with E-state index in [-0.39, 0.29) is 11.4 Å². The SMILES string of the molecule is NC(=O)CCNc1ncc([N+](=O)[O-])s1. The number of anilines is 1. The van der Waals surface area contributed by atoms with Crippen molar-refractivity contribution in [1.82, 2.24) is 4.98 Å². The third-order valence-electron chi connectivity index (χ3n) is 1.32. The second-order valence-corrected chi connectivity index (χ2v) is 3.41. The van der Waals surface area contributed by atoms with Gasteiger partial charge in [-0.15, -0.1) is 0 Å². The Morgan fingerprint density at radius 2 is 2.50 bits per heavy atom. The van der Waals surface area contributed by atoms with Gasteiger partial charge in [-0.05, 0) is 11.3 Å². The van der Waals surface area contributed by atoms with Crippen LogP contribution < -0.4 is 11.1 Å². The summed E-state index contributed by atoms with van der Waals surface area (Å²) in [6.45, 7) is 0.333. The van der Waals surface area contributed by atoms with Crippen LogP contribution in [-0.2, 0) is 4.79 Å². The molecule has 0 aliphatic rings. The molecule has 76 valence electrons. The monoisotopic (exact) mass is 216 g/mol. The number of primary amides is 1. The molecule has 0 aromatic carbocycles. The Kier molecular flexibility index (Phi) is 3.35. The topological polar surface area (TPSA) is 111 Å². The van der Waals surface area contributed by atoms with Gasteiger partial charge in [0.15, 0.2) is 5.13 Å². The number of nitrogens with two attached hydrogens (primary N) is 1. The van der Waals surface area contributed by atoms with E-state index >= 15 is 0 Å². The van der Waals surface area contributed by atoms with Gasteiger partial charge in [0.2, 0.25) is 5.91 Å². The van der Waals surface area contributed by atoms with Crippen LogP contribution in [0.25, 0.3) is 0 Å². The first kappa shape index (κ1) is 10.4. The molecule has 0 unspecified atom stereocenters. The largest absolute Gasteiger partial charge is 0.370 e. The van der Waals surface area contributed by atoms with Crippen molar-refractivity contribution >= 4 is 27.4 Å². The van der Waals surface area contributed by atoms with E-state index in [9.17, 15) is 14.9 Å². The maximum Gasteiger partial charge on any atom is 0.345 e. The second kappa shape index (κ2) is 4.51. The van der Waals surface area contributed by atoms with Crippen molar-refractivity contribution in [3.8, 4) is 0 Å². The number of nitrogens with one attached hydrogen (secondary N) is 1. The number of aromatic nitrogens is 1. The lowest BCUT2D eigenvalue weighted by atomic mass is 10.4. The standard InChI is InChI=1S/C6H8N4O3S/c7-4(11)1-2-8-6-9-3-5(14-6)10(12)13/h3H,1-2H2,(H2,7,11)(H,8,9). The molecule has 1 aromatic heterocycles. The normalized spacial score (nSPS) is 9.71. The zero-order chi connectivity index (χ0) is 10.6. The Bertz CT molecular complexity index is 351. The lowest BCUT2D eigenvalue weighted by molar-refractivity contribution is -0.380. The van der Waals surface area contributed by atoms with E-state index in [1.165, 1.54) is 0 Å². The number of carbonyl (C=O) groups is 1. The summed E-state index contributed by atoms with van der Waals surface area (Å²) in [6, 6.07) is 0. The average Bonchev–Trinajstić information content (AvgIpc) is 2.52. The molecular formula is C6H8N4O3S. The molecule has 1 aromatic rings. The Labute approximate surface area is 83.1 Å². The summed E-state index contributed by atoms with van der Waals surface area (Å²) in [5.74, 6) is -0.427. The van der Waals surface area contributed by atoms with Crippen LogP contribution in [0.3, 0.4) is 0 Å². The molecule has 0 atom stereocenters. The van der Waals surface area contributed by atoms with Crippen LogP contribution in [0.15, 0.2) is 6.20 Å². The van der Waals surface area contributed by atoms with Crippen LogP contribution in [0.1, 0.15) is 6.42 Å². The van der Waals surface area contributed by atoms with E-state index in [1.54, 1.807) is 0 Å². The average molecular weight is 216 g/mol. The molecule has 0 radical (unpaired) electrons. The van der Waals surface area contributed by atoms with Crippen molar-refractivity contribution in [2.75, 3.05) is 11.9 Å². The van der Waals surface area contributed by atoms with E-state index in [4.69, 9.17) is 5.73 Å². The first-order valence-corrected chi connectivity index (χ1v) is 4.53. The number of nitrogens with zero attached hydrogens (tertiary/aromatic N) is 2. The van der Waals surface area contributed by atoms with Gasteiger partial charge in [0.05, 0.1) is 4.92 Å². The van der Waals surface area contributed by atoms with Crippen molar-refractivity contribution in [3.05, 3.63) is 16.3 Å². The van der Waals surface area contributed by atoms with Gasteiger partial charge in [0.25, 0.3) is 0 Å². The predicted octanol–water partition coefficient (Wildman–Crippen LogP) is 0.339. The second-order valence-electron chi connectivity index (χ2n) is 2.40. The number of carbonyl (C=O) groups excluding carboxylic acids is 1. The Balaban J connectivity index is 2.44. The highest BCUT2D eigenvalue weighted by Gasteiger charge is 2.10. The van der Waals surface area contributed by atoms with Crippen molar-refractivity contribution in [2.45, 2.75) is 6.42 Å². The number of amides is 1. The minimum atomic E-state index is -0.517. The molecule has 14 heavy (non-hydrogen) atoms. The maximum atomic E-state index is 10.4. The summed E-state index contributed by atoms with van der Waals surface area (Å²) in [7, 11) is 0.